The Morgan fingerprint density at radius 2 is 1.69 bits per heavy atom. The predicted molar refractivity (Wildman–Crippen MR) is 99.4 cm³/mol. The number of nitrogens with one attached hydrogen (secondary N) is 2. The first kappa shape index (κ1) is 19.1. The minimum Gasteiger partial charge on any atom is -0.493 e. The molecule has 1 unspecified atom stereocenters. The number of aryl methyl sites for hydroxylation is 1. The number of carbonyl (C=O) groups is 2. The minimum atomic E-state index is -0.686. The molecule has 7 heteroatoms. The van der Waals surface area contributed by atoms with Crippen LogP contribution in [0.2, 0.25) is 0 Å². The van der Waals surface area contributed by atoms with Crippen molar-refractivity contribution in [2.24, 2.45) is 5.73 Å². The van der Waals surface area contributed by atoms with Gasteiger partial charge in [-0.1, -0.05) is 30.3 Å². The Kier molecular flexibility index (Phi) is 6.43. The van der Waals surface area contributed by atoms with Crippen LogP contribution in [0.15, 0.2) is 42.5 Å². The van der Waals surface area contributed by atoms with E-state index in [1.807, 2.05) is 37.3 Å². The van der Waals surface area contributed by atoms with Crippen LogP contribution < -0.4 is 25.8 Å². The summed E-state index contributed by atoms with van der Waals surface area (Å²) in [4.78, 5) is 23.8. The number of ether oxygens (including phenoxy) is 2. The maximum atomic E-state index is 12.5. The molecule has 0 radical (unpaired) electrons. The zero-order chi connectivity index (χ0) is 19.1. The molecule has 3 amide bonds. The number of methoxy groups -OCH3 is 2. The van der Waals surface area contributed by atoms with Gasteiger partial charge in [0.1, 0.15) is 0 Å². The summed E-state index contributed by atoms with van der Waals surface area (Å²) in [6.45, 7) is 1.86. The number of urea groups is 1. The summed E-state index contributed by atoms with van der Waals surface area (Å²) in [5, 5.41) is 5.44. The standard InChI is InChI=1S/C19H23N3O4/c1-12-9-16(25-2)17(26-3)10-14(12)21-18(23)11-15(22-19(20)24)13-7-5-4-6-8-13/h4-10,15H,11H2,1-3H3,(H,21,23)(H3,20,22,24). The van der Waals surface area contributed by atoms with Crippen molar-refractivity contribution in [1.29, 1.82) is 0 Å². The summed E-state index contributed by atoms with van der Waals surface area (Å²) in [5.41, 5.74) is 7.48. The summed E-state index contributed by atoms with van der Waals surface area (Å²) in [7, 11) is 3.08. The number of carbonyl (C=O) groups excluding carboxylic acids is 2. The second-order valence-electron chi connectivity index (χ2n) is 5.75. The number of nitrogens with two attached hydrogens (primary N) is 1. The Hall–Kier alpha value is -3.22. The van der Waals surface area contributed by atoms with E-state index in [9.17, 15) is 9.59 Å². The van der Waals surface area contributed by atoms with Gasteiger partial charge < -0.3 is 25.8 Å². The number of anilines is 1. The Morgan fingerprint density at radius 1 is 1.08 bits per heavy atom. The molecular weight excluding hydrogens is 334 g/mol. The molecule has 7 nitrogen and oxygen atoms in total. The topological polar surface area (TPSA) is 103 Å². The normalized spacial score (nSPS) is 11.3. The molecule has 0 fully saturated rings. The van der Waals surface area contributed by atoms with Gasteiger partial charge in [-0.05, 0) is 24.1 Å². The number of benzene rings is 2. The highest BCUT2D eigenvalue weighted by Crippen LogP contribution is 2.33. The predicted octanol–water partition coefficient (Wildman–Crippen LogP) is 2.75. The van der Waals surface area contributed by atoms with Crippen molar-refractivity contribution in [3.8, 4) is 11.5 Å². The molecule has 0 spiro atoms. The molecule has 2 aromatic carbocycles. The van der Waals surface area contributed by atoms with Crippen LogP contribution >= 0.6 is 0 Å². The number of amides is 3. The van der Waals surface area contributed by atoms with Crippen molar-refractivity contribution < 1.29 is 19.1 Å². The highest BCUT2D eigenvalue weighted by Gasteiger charge is 2.18. The van der Waals surface area contributed by atoms with Crippen LogP contribution in [-0.2, 0) is 4.79 Å². The second-order valence-corrected chi connectivity index (χ2v) is 5.75. The van der Waals surface area contributed by atoms with Crippen molar-refractivity contribution in [3.63, 3.8) is 0 Å². The summed E-state index contributed by atoms with van der Waals surface area (Å²) in [6, 6.07) is 11.5. The van der Waals surface area contributed by atoms with E-state index < -0.39 is 12.1 Å². The lowest BCUT2D eigenvalue weighted by molar-refractivity contribution is -0.116. The molecule has 4 N–H and O–H groups in total. The van der Waals surface area contributed by atoms with Crippen molar-refractivity contribution in [3.05, 3.63) is 53.6 Å². The largest absolute Gasteiger partial charge is 0.493 e. The Labute approximate surface area is 152 Å². The lowest BCUT2D eigenvalue weighted by Gasteiger charge is -2.19. The Morgan fingerprint density at radius 3 is 2.27 bits per heavy atom. The summed E-state index contributed by atoms with van der Waals surface area (Å²) in [5.74, 6) is 0.840. The van der Waals surface area contributed by atoms with Crippen LogP contribution in [0.4, 0.5) is 10.5 Å². The first-order valence-electron chi connectivity index (χ1n) is 8.08. The van der Waals surface area contributed by atoms with Crippen LogP contribution in [0, 0.1) is 6.92 Å². The van der Waals surface area contributed by atoms with Gasteiger partial charge in [-0.25, -0.2) is 4.79 Å². The molecule has 0 bridgehead atoms. The number of rotatable bonds is 7. The van der Waals surface area contributed by atoms with Gasteiger partial charge in [-0.15, -0.1) is 0 Å². The fourth-order valence-electron chi connectivity index (χ4n) is 2.61. The SMILES string of the molecule is COc1cc(C)c(NC(=O)CC(NC(N)=O)c2ccccc2)cc1OC. The third kappa shape index (κ3) is 4.89. The summed E-state index contributed by atoms with van der Waals surface area (Å²) < 4.78 is 10.5. The maximum Gasteiger partial charge on any atom is 0.312 e. The zero-order valence-corrected chi connectivity index (χ0v) is 15.0. The van der Waals surface area contributed by atoms with Gasteiger partial charge >= 0.3 is 6.03 Å². The van der Waals surface area contributed by atoms with E-state index >= 15 is 0 Å². The lowest BCUT2D eigenvalue weighted by atomic mass is 10.0. The average molecular weight is 357 g/mol. The Balaban J connectivity index is 2.16. The molecule has 0 aliphatic carbocycles. The van der Waals surface area contributed by atoms with E-state index in [0.717, 1.165) is 11.1 Å². The van der Waals surface area contributed by atoms with Gasteiger partial charge in [0.2, 0.25) is 5.91 Å². The van der Waals surface area contributed by atoms with E-state index in [2.05, 4.69) is 10.6 Å². The molecule has 2 rings (SSSR count). The van der Waals surface area contributed by atoms with Crippen LogP contribution in [0.25, 0.3) is 0 Å². The van der Waals surface area contributed by atoms with Gasteiger partial charge in [-0.2, -0.15) is 0 Å². The van der Waals surface area contributed by atoms with Crippen LogP contribution in [0.5, 0.6) is 11.5 Å². The van der Waals surface area contributed by atoms with Crippen LogP contribution in [-0.4, -0.2) is 26.2 Å². The third-order valence-corrected chi connectivity index (χ3v) is 3.91. The van der Waals surface area contributed by atoms with E-state index in [1.165, 1.54) is 7.11 Å². The highest BCUT2D eigenvalue weighted by molar-refractivity contribution is 5.92. The average Bonchev–Trinajstić information content (AvgIpc) is 2.62. The van der Waals surface area contributed by atoms with E-state index in [0.29, 0.717) is 17.2 Å². The first-order chi connectivity index (χ1) is 12.4. The van der Waals surface area contributed by atoms with E-state index in [-0.39, 0.29) is 12.3 Å². The smallest absolute Gasteiger partial charge is 0.312 e. The third-order valence-electron chi connectivity index (χ3n) is 3.91. The van der Waals surface area contributed by atoms with Crippen LogP contribution in [0.1, 0.15) is 23.6 Å². The van der Waals surface area contributed by atoms with Crippen LogP contribution in [0.3, 0.4) is 0 Å². The quantitative estimate of drug-likeness (QED) is 0.709. The lowest BCUT2D eigenvalue weighted by Crippen LogP contribution is -2.35. The van der Waals surface area contributed by atoms with Gasteiger partial charge in [0.15, 0.2) is 11.5 Å². The fourth-order valence-corrected chi connectivity index (χ4v) is 2.61. The Bertz CT molecular complexity index is 778. The van der Waals surface area contributed by atoms with Crippen molar-refractivity contribution >= 4 is 17.6 Å². The number of hydrogen-bond donors (Lipinski definition) is 3. The molecule has 0 aliphatic heterocycles. The molecule has 138 valence electrons. The zero-order valence-electron chi connectivity index (χ0n) is 15.0. The molecule has 26 heavy (non-hydrogen) atoms. The summed E-state index contributed by atoms with van der Waals surface area (Å²) >= 11 is 0. The van der Waals surface area contributed by atoms with Crippen molar-refractivity contribution in [2.75, 3.05) is 19.5 Å². The molecule has 2 aromatic rings. The molecule has 0 saturated heterocycles. The maximum absolute atomic E-state index is 12.5. The molecule has 0 heterocycles. The number of hydrogen-bond acceptors (Lipinski definition) is 4. The summed E-state index contributed by atoms with van der Waals surface area (Å²) in [6.07, 6.45) is 0.0424. The van der Waals surface area contributed by atoms with E-state index in [1.54, 1.807) is 19.2 Å². The van der Waals surface area contributed by atoms with Gasteiger partial charge in [0.25, 0.3) is 0 Å². The van der Waals surface area contributed by atoms with Gasteiger partial charge in [-0.3, -0.25) is 4.79 Å². The number of primary amides is 1. The van der Waals surface area contributed by atoms with Crippen molar-refractivity contribution in [1.82, 2.24) is 5.32 Å². The molecule has 1 atom stereocenters. The van der Waals surface area contributed by atoms with Crippen molar-refractivity contribution in [2.45, 2.75) is 19.4 Å². The van der Waals surface area contributed by atoms with E-state index in [4.69, 9.17) is 15.2 Å². The highest BCUT2D eigenvalue weighted by atomic mass is 16.5. The minimum absolute atomic E-state index is 0.0424. The van der Waals surface area contributed by atoms with Gasteiger partial charge in [0.05, 0.1) is 26.7 Å². The first-order valence-corrected chi connectivity index (χ1v) is 8.08. The fraction of sp³-hybridized carbons (Fsp3) is 0.263. The monoisotopic (exact) mass is 357 g/mol. The molecule has 0 aromatic heterocycles. The molecule has 0 saturated carbocycles. The molecular formula is C19H23N3O4. The molecule has 0 aliphatic rings. The van der Waals surface area contributed by atoms with Gasteiger partial charge in [0, 0.05) is 11.8 Å². The second kappa shape index (κ2) is 8.75.